The van der Waals surface area contributed by atoms with E-state index in [4.69, 9.17) is 16.3 Å². The molecule has 0 bridgehead atoms. The molecule has 2 aromatic carbocycles. The van der Waals surface area contributed by atoms with Gasteiger partial charge in [-0.2, -0.15) is 16.8 Å². The van der Waals surface area contributed by atoms with Crippen LogP contribution in [0.3, 0.4) is 0 Å². The molecule has 2 aromatic rings. The Labute approximate surface area is 153 Å². The van der Waals surface area contributed by atoms with E-state index in [1.54, 1.807) is 0 Å². The number of hydrogen-bond donors (Lipinski definition) is 2. The fraction of sp³-hybridized carbons (Fsp3) is 0.133. The highest BCUT2D eigenvalue weighted by atomic mass is 35.5. The minimum absolute atomic E-state index is 0.286. The van der Waals surface area contributed by atoms with Gasteiger partial charge in [-0.25, -0.2) is 4.79 Å². The number of ether oxygens (including phenoxy) is 1. The second-order valence-electron chi connectivity index (χ2n) is 5.55. The molecule has 26 heavy (non-hydrogen) atoms. The molecule has 1 aliphatic rings. The van der Waals surface area contributed by atoms with Crippen LogP contribution in [0, 0.1) is 0 Å². The van der Waals surface area contributed by atoms with E-state index in [9.17, 15) is 30.7 Å². The van der Waals surface area contributed by atoms with Crippen molar-refractivity contribution in [2.75, 3.05) is 6.61 Å². The lowest BCUT2D eigenvalue weighted by atomic mass is 9.98. The summed E-state index contributed by atoms with van der Waals surface area (Å²) in [4.78, 5) is 10.2. The van der Waals surface area contributed by atoms with Crippen molar-refractivity contribution in [1.82, 2.24) is 0 Å². The fourth-order valence-electron chi connectivity index (χ4n) is 2.97. The van der Waals surface area contributed by atoms with Gasteiger partial charge in [-0.15, -0.1) is 0 Å². The average Bonchev–Trinajstić information content (AvgIpc) is 2.83. The smallest absolute Gasteiger partial charge is 0.403 e. The average molecular weight is 419 g/mol. The van der Waals surface area contributed by atoms with Gasteiger partial charge in [-0.1, -0.05) is 12.1 Å². The lowest BCUT2D eigenvalue weighted by molar-refractivity contribution is 0.170. The van der Waals surface area contributed by atoms with E-state index in [-0.39, 0.29) is 16.4 Å². The van der Waals surface area contributed by atoms with E-state index in [0.717, 1.165) is 0 Å². The van der Waals surface area contributed by atoms with E-state index < -0.39 is 31.6 Å². The largest absolute Gasteiger partial charge is 0.453 e. The van der Waals surface area contributed by atoms with Crippen molar-refractivity contribution < 1.29 is 35.5 Å². The SMILES string of the molecule is O=C(Cl)OCC1c2cc(S(=O)(=O)O)ccc2-c2ccc(S(=O)(=O)O)cc21. The monoisotopic (exact) mass is 418 g/mol. The van der Waals surface area contributed by atoms with Gasteiger partial charge in [-0.05, 0) is 46.5 Å². The Morgan fingerprint density at radius 2 is 1.35 bits per heavy atom. The number of fused-ring (bicyclic) bond motifs is 3. The Kier molecular flexibility index (Phi) is 4.57. The first-order valence-electron chi connectivity index (χ1n) is 7.04. The zero-order valence-electron chi connectivity index (χ0n) is 12.8. The molecule has 11 heteroatoms. The number of rotatable bonds is 4. The van der Waals surface area contributed by atoms with Crippen molar-refractivity contribution in [2.24, 2.45) is 0 Å². The van der Waals surface area contributed by atoms with Crippen molar-refractivity contribution in [3.05, 3.63) is 47.5 Å². The molecule has 0 heterocycles. The van der Waals surface area contributed by atoms with Gasteiger partial charge in [0.25, 0.3) is 20.2 Å². The summed E-state index contributed by atoms with van der Waals surface area (Å²) in [5, 5.41) is 0. The molecule has 0 aliphatic heterocycles. The Morgan fingerprint density at radius 3 is 1.69 bits per heavy atom. The van der Waals surface area contributed by atoms with E-state index >= 15 is 0 Å². The Bertz CT molecular complexity index is 1040. The third-order valence-electron chi connectivity index (χ3n) is 4.05. The molecular weight excluding hydrogens is 408 g/mol. The van der Waals surface area contributed by atoms with Crippen LogP contribution in [0.2, 0.25) is 0 Å². The zero-order chi connectivity index (χ0) is 19.3. The highest BCUT2D eigenvalue weighted by Gasteiger charge is 2.32. The molecule has 8 nitrogen and oxygen atoms in total. The first-order valence-corrected chi connectivity index (χ1v) is 10.3. The van der Waals surface area contributed by atoms with Gasteiger partial charge < -0.3 is 4.74 Å². The van der Waals surface area contributed by atoms with Crippen LogP contribution in [0.5, 0.6) is 0 Å². The molecule has 0 spiro atoms. The molecule has 0 aromatic heterocycles. The highest BCUT2D eigenvalue weighted by molar-refractivity contribution is 7.86. The maximum atomic E-state index is 11.4. The summed E-state index contributed by atoms with van der Waals surface area (Å²) < 4.78 is 68.9. The molecule has 1 aliphatic carbocycles. The minimum Gasteiger partial charge on any atom is -0.453 e. The standard InChI is InChI=1S/C15H11ClO8S2/c16-15(17)24-7-14-12-5-8(25(18,19)20)1-3-10(12)11-4-2-9(6-13(11)14)26(21,22)23/h1-6,14H,7H2,(H,18,19,20)(H,21,22,23). The molecule has 2 N–H and O–H groups in total. The van der Waals surface area contributed by atoms with Gasteiger partial charge >= 0.3 is 5.43 Å². The van der Waals surface area contributed by atoms with Gasteiger partial charge in [0.05, 0.1) is 9.79 Å². The fourth-order valence-corrected chi connectivity index (χ4v) is 4.06. The Morgan fingerprint density at radius 1 is 0.923 bits per heavy atom. The maximum Gasteiger partial charge on any atom is 0.403 e. The summed E-state index contributed by atoms with van der Waals surface area (Å²) in [5.41, 5.74) is 0.868. The summed E-state index contributed by atoms with van der Waals surface area (Å²) in [6.07, 6.45) is 0. The van der Waals surface area contributed by atoms with E-state index in [2.05, 4.69) is 0 Å². The second kappa shape index (κ2) is 6.32. The van der Waals surface area contributed by atoms with Crippen LogP contribution in [0.4, 0.5) is 4.79 Å². The summed E-state index contributed by atoms with van der Waals surface area (Å²) in [5.74, 6) is -0.730. The number of carbonyl (C=O) groups is 1. The Balaban J connectivity index is 2.20. The molecule has 0 unspecified atom stereocenters. The van der Waals surface area contributed by atoms with Crippen LogP contribution in [-0.2, 0) is 25.0 Å². The van der Waals surface area contributed by atoms with Gasteiger partial charge in [0.15, 0.2) is 0 Å². The quantitative estimate of drug-likeness (QED) is 0.571. The van der Waals surface area contributed by atoms with Crippen LogP contribution >= 0.6 is 11.6 Å². The lowest BCUT2D eigenvalue weighted by Gasteiger charge is -2.14. The van der Waals surface area contributed by atoms with Crippen LogP contribution < -0.4 is 0 Å². The highest BCUT2D eigenvalue weighted by Crippen LogP contribution is 2.46. The third kappa shape index (κ3) is 3.46. The number of hydrogen-bond acceptors (Lipinski definition) is 6. The van der Waals surface area contributed by atoms with E-state index in [1.165, 1.54) is 36.4 Å². The molecule has 0 fully saturated rings. The molecule has 138 valence electrons. The zero-order valence-corrected chi connectivity index (χ0v) is 15.2. The van der Waals surface area contributed by atoms with E-state index in [0.29, 0.717) is 22.3 Å². The molecule has 0 saturated carbocycles. The molecule has 0 amide bonds. The lowest BCUT2D eigenvalue weighted by Crippen LogP contribution is -2.10. The van der Waals surface area contributed by atoms with Gasteiger partial charge in [0.2, 0.25) is 0 Å². The number of carbonyl (C=O) groups excluding carboxylic acids is 1. The first kappa shape index (κ1) is 18.8. The predicted octanol–water partition coefficient (Wildman–Crippen LogP) is 2.67. The van der Waals surface area contributed by atoms with Crippen molar-refractivity contribution in [1.29, 1.82) is 0 Å². The van der Waals surface area contributed by atoms with Crippen LogP contribution in [0.15, 0.2) is 46.2 Å². The Hall–Kier alpha value is -1.98. The van der Waals surface area contributed by atoms with E-state index in [1.807, 2.05) is 0 Å². The van der Waals surface area contributed by atoms with Crippen molar-refractivity contribution >= 4 is 37.3 Å². The van der Waals surface area contributed by atoms with Crippen LogP contribution in [0.1, 0.15) is 17.0 Å². The van der Waals surface area contributed by atoms with Crippen molar-refractivity contribution in [2.45, 2.75) is 15.7 Å². The number of benzene rings is 2. The normalized spacial score (nSPS) is 14.0. The van der Waals surface area contributed by atoms with Crippen molar-refractivity contribution in [3.8, 4) is 11.1 Å². The third-order valence-corrected chi connectivity index (χ3v) is 5.85. The summed E-state index contributed by atoms with van der Waals surface area (Å²) in [6.45, 7) is -0.286. The van der Waals surface area contributed by atoms with Crippen molar-refractivity contribution in [3.63, 3.8) is 0 Å². The maximum absolute atomic E-state index is 11.4. The first-order chi connectivity index (χ1) is 12.0. The van der Waals surface area contributed by atoms with Crippen LogP contribution in [-0.4, -0.2) is 38.0 Å². The second-order valence-corrected chi connectivity index (χ2v) is 8.70. The van der Waals surface area contributed by atoms with Gasteiger partial charge in [0, 0.05) is 17.5 Å². The minimum atomic E-state index is -4.47. The molecular formula is C15H11ClO8S2. The molecule has 0 atom stereocenters. The topological polar surface area (TPSA) is 135 Å². The molecule has 3 rings (SSSR count). The summed E-state index contributed by atoms with van der Waals surface area (Å²) in [7, 11) is -8.94. The summed E-state index contributed by atoms with van der Waals surface area (Å²) >= 11 is 5.19. The molecule has 0 saturated heterocycles. The summed E-state index contributed by atoms with van der Waals surface area (Å²) in [6, 6.07) is 7.73. The van der Waals surface area contributed by atoms with Crippen LogP contribution in [0.25, 0.3) is 11.1 Å². The predicted molar refractivity (Wildman–Crippen MR) is 90.6 cm³/mol. The van der Waals surface area contributed by atoms with Gasteiger partial charge in [0.1, 0.15) is 6.61 Å². The molecule has 0 radical (unpaired) electrons. The van der Waals surface area contributed by atoms with Gasteiger partial charge in [-0.3, -0.25) is 9.11 Å². The number of halogens is 1.